The van der Waals surface area contributed by atoms with E-state index in [0.717, 1.165) is 5.69 Å². The fraction of sp³-hybridized carbons (Fsp3) is 0.300. The Morgan fingerprint density at radius 3 is 2.78 bits per heavy atom. The van der Waals surface area contributed by atoms with Crippen LogP contribution in [0.2, 0.25) is 0 Å². The summed E-state index contributed by atoms with van der Waals surface area (Å²) in [7, 11) is 0. The van der Waals surface area contributed by atoms with Gasteiger partial charge in [-0.15, -0.1) is 0 Å². The summed E-state index contributed by atoms with van der Waals surface area (Å²) in [5, 5.41) is 6.74. The Morgan fingerprint density at radius 1 is 1.39 bits per heavy atom. The summed E-state index contributed by atoms with van der Waals surface area (Å²) in [6, 6.07) is 1.73. The molecule has 0 fully saturated rings. The lowest BCUT2D eigenvalue weighted by molar-refractivity contribution is 0.388. The van der Waals surface area contributed by atoms with E-state index in [9.17, 15) is 0 Å². The smallest absolute Gasteiger partial charge is 0.223 e. The lowest BCUT2D eigenvalue weighted by atomic mass is 10.3. The van der Waals surface area contributed by atoms with E-state index in [1.165, 1.54) is 0 Å². The van der Waals surface area contributed by atoms with Crippen LogP contribution in [-0.2, 0) is 6.54 Å². The van der Waals surface area contributed by atoms with Crippen LogP contribution in [0.25, 0.3) is 0 Å². The Balaban J connectivity index is 2.11. The van der Waals surface area contributed by atoms with Gasteiger partial charge in [0.2, 0.25) is 11.8 Å². The zero-order chi connectivity index (χ0) is 13.1. The monoisotopic (exact) mass is 264 g/mol. The number of thiocarbonyl (C=S) groups is 1. The fourth-order valence-corrected chi connectivity index (χ4v) is 1.45. The second-order valence-corrected chi connectivity index (χ2v) is 4.11. The van der Waals surface area contributed by atoms with Gasteiger partial charge in [-0.1, -0.05) is 17.4 Å². The van der Waals surface area contributed by atoms with Crippen LogP contribution in [0.1, 0.15) is 23.1 Å². The minimum atomic E-state index is 0.235. The first-order chi connectivity index (χ1) is 8.54. The summed E-state index contributed by atoms with van der Waals surface area (Å²) in [6.45, 7) is 3.94. The third-order valence-corrected chi connectivity index (χ3v) is 2.29. The normalized spacial score (nSPS) is 10.3. The predicted molar refractivity (Wildman–Crippen MR) is 69.0 cm³/mol. The molecule has 0 aliphatic carbocycles. The Morgan fingerprint density at radius 2 is 2.17 bits per heavy atom. The largest absolute Gasteiger partial charge is 0.388 e. The molecule has 3 N–H and O–H groups in total. The van der Waals surface area contributed by atoms with Crippen LogP contribution in [0.3, 0.4) is 0 Å². The summed E-state index contributed by atoms with van der Waals surface area (Å²) in [5.74, 6) is 1.48. The van der Waals surface area contributed by atoms with Gasteiger partial charge >= 0.3 is 0 Å². The lowest BCUT2D eigenvalue weighted by Crippen LogP contribution is -2.15. The number of nitrogens with zero attached hydrogens (tertiary/aromatic N) is 4. The molecule has 7 nitrogen and oxygen atoms in total. The van der Waals surface area contributed by atoms with Crippen LogP contribution >= 0.6 is 12.2 Å². The van der Waals surface area contributed by atoms with Gasteiger partial charge in [-0.05, 0) is 13.0 Å². The molecule has 0 atom stereocenters. The molecule has 2 aromatic heterocycles. The number of rotatable bonds is 4. The molecular weight excluding hydrogens is 252 g/mol. The molecule has 0 radical (unpaired) electrons. The molecule has 0 saturated heterocycles. The van der Waals surface area contributed by atoms with Crippen molar-refractivity contribution in [3.8, 4) is 0 Å². The minimum Gasteiger partial charge on any atom is -0.388 e. The Labute approximate surface area is 109 Å². The maximum atomic E-state index is 5.54. The third kappa shape index (κ3) is 2.98. The first-order valence-corrected chi connectivity index (χ1v) is 5.64. The molecular formula is C10H12N6OS. The van der Waals surface area contributed by atoms with Crippen molar-refractivity contribution in [2.75, 3.05) is 5.32 Å². The quantitative estimate of drug-likeness (QED) is 0.779. The van der Waals surface area contributed by atoms with Gasteiger partial charge in [0.15, 0.2) is 5.82 Å². The molecule has 2 aromatic rings. The Kier molecular flexibility index (Phi) is 3.47. The highest BCUT2D eigenvalue weighted by Crippen LogP contribution is 2.06. The van der Waals surface area contributed by atoms with Gasteiger partial charge in [-0.3, -0.25) is 0 Å². The average molecular weight is 264 g/mol. The van der Waals surface area contributed by atoms with Crippen molar-refractivity contribution in [2.45, 2.75) is 20.4 Å². The van der Waals surface area contributed by atoms with Crippen LogP contribution < -0.4 is 11.1 Å². The molecule has 0 bridgehead atoms. The average Bonchev–Trinajstić information content (AvgIpc) is 2.72. The number of nitrogens with one attached hydrogen (secondary N) is 1. The first kappa shape index (κ1) is 12.4. The van der Waals surface area contributed by atoms with Gasteiger partial charge in [-0.2, -0.15) is 4.98 Å². The van der Waals surface area contributed by atoms with E-state index in [-0.39, 0.29) is 4.99 Å². The van der Waals surface area contributed by atoms with Gasteiger partial charge in [-0.25, -0.2) is 9.97 Å². The first-order valence-electron chi connectivity index (χ1n) is 5.23. The molecule has 18 heavy (non-hydrogen) atoms. The molecule has 2 rings (SSSR count). The SMILES string of the molecule is Cc1cc(C(N)=S)nc(NCc2noc(C)n2)n1. The second kappa shape index (κ2) is 5.05. The maximum absolute atomic E-state index is 5.54. The Bertz CT molecular complexity index is 581. The lowest BCUT2D eigenvalue weighted by Gasteiger charge is -2.05. The molecule has 0 spiro atoms. The van der Waals surface area contributed by atoms with Gasteiger partial charge in [0.25, 0.3) is 0 Å². The van der Waals surface area contributed by atoms with E-state index >= 15 is 0 Å². The summed E-state index contributed by atoms with van der Waals surface area (Å²) in [4.78, 5) is 12.7. The van der Waals surface area contributed by atoms with Crippen LogP contribution in [0, 0.1) is 13.8 Å². The highest BCUT2D eigenvalue weighted by molar-refractivity contribution is 7.80. The van der Waals surface area contributed by atoms with E-state index in [4.69, 9.17) is 22.5 Å². The van der Waals surface area contributed by atoms with Gasteiger partial charge in [0, 0.05) is 12.6 Å². The summed E-state index contributed by atoms with van der Waals surface area (Å²) in [6.07, 6.45) is 0. The highest BCUT2D eigenvalue weighted by Gasteiger charge is 2.06. The summed E-state index contributed by atoms with van der Waals surface area (Å²) >= 11 is 4.88. The molecule has 8 heteroatoms. The van der Waals surface area contributed by atoms with Gasteiger partial charge < -0.3 is 15.6 Å². The minimum absolute atomic E-state index is 0.235. The zero-order valence-electron chi connectivity index (χ0n) is 9.97. The molecule has 0 aliphatic heterocycles. The highest BCUT2D eigenvalue weighted by atomic mass is 32.1. The van der Waals surface area contributed by atoms with Crippen molar-refractivity contribution in [1.82, 2.24) is 20.1 Å². The third-order valence-electron chi connectivity index (χ3n) is 2.08. The molecule has 0 aliphatic rings. The van der Waals surface area contributed by atoms with Crippen molar-refractivity contribution < 1.29 is 4.52 Å². The zero-order valence-corrected chi connectivity index (χ0v) is 10.8. The van der Waals surface area contributed by atoms with Gasteiger partial charge in [0.05, 0.1) is 6.54 Å². The molecule has 0 aromatic carbocycles. The Hall–Kier alpha value is -2.09. The molecule has 94 valence electrons. The molecule has 0 saturated carbocycles. The molecule has 0 unspecified atom stereocenters. The summed E-state index contributed by atoms with van der Waals surface area (Å²) in [5.41, 5.74) is 6.84. The van der Waals surface area contributed by atoms with Crippen LogP contribution in [0.5, 0.6) is 0 Å². The van der Waals surface area contributed by atoms with Crippen molar-refractivity contribution >= 4 is 23.2 Å². The van der Waals surface area contributed by atoms with Crippen molar-refractivity contribution in [3.05, 3.63) is 29.2 Å². The van der Waals surface area contributed by atoms with Crippen molar-refractivity contribution in [1.29, 1.82) is 0 Å². The molecule has 0 amide bonds. The van der Waals surface area contributed by atoms with E-state index < -0.39 is 0 Å². The number of hydrogen-bond donors (Lipinski definition) is 2. The van der Waals surface area contributed by atoms with Crippen LogP contribution in [-0.4, -0.2) is 25.1 Å². The molecule has 2 heterocycles. The standard InChI is InChI=1S/C10H12N6OS/c1-5-3-7(9(11)18)15-10(13-5)12-4-8-14-6(2)17-16-8/h3H,4H2,1-2H3,(H2,11,18)(H,12,13,15). The van der Waals surface area contributed by atoms with E-state index in [0.29, 0.717) is 29.9 Å². The number of aromatic nitrogens is 4. The van der Waals surface area contributed by atoms with E-state index in [2.05, 4.69) is 25.4 Å². The second-order valence-electron chi connectivity index (χ2n) is 3.67. The number of anilines is 1. The van der Waals surface area contributed by atoms with Crippen molar-refractivity contribution in [3.63, 3.8) is 0 Å². The number of aryl methyl sites for hydroxylation is 2. The van der Waals surface area contributed by atoms with Gasteiger partial charge in [0.1, 0.15) is 10.7 Å². The number of hydrogen-bond acceptors (Lipinski definition) is 7. The fourth-order valence-electron chi connectivity index (χ4n) is 1.35. The number of nitrogens with two attached hydrogens (primary N) is 1. The maximum Gasteiger partial charge on any atom is 0.223 e. The predicted octanol–water partition coefficient (Wildman–Crippen LogP) is 0.723. The van der Waals surface area contributed by atoms with Crippen molar-refractivity contribution in [2.24, 2.45) is 5.73 Å². The summed E-state index contributed by atoms with van der Waals surface area (Å²) < 4.78 is 4.86. The van der Waals surface area contributed by atoms with Crippen LogP contribution in [0.15, 0.2) is 10.6 Å². The van der Waals surface area contributed by atoms with E-state index in [1.54, 1.807) is 13.0 Å². The van der Waals surface area contributed by atoms with E-state index in [1.807, 2.05) is 6.92 Å². The topological polar surface area (TPSA) is 103 Å². The van der Waals surface area contributed by atoms with Crippen LogP contribution in [0.4, 0.5) is 5.95 Å².